The predicted molar refractivity (Wildman–Crippen MR) is 82.7 cm³/mol. The number of Topliss-reactive ketones (excluding diaryl/α,β-unsaturated/α-hetero) is 2. The normalized spacial score (nSPS) is 22.5. The maximum atomic E-state index is 12.4. The van der Waals surface area contributed by atoms with E-state index in [2.05, 4.69) is 10.5 Å². The van der Waals surface area contributed by atoms with Crippen molar-refractivity contribution in [2.24, 2.45) is 11.1 Å². The molecule has 0 aromatic heterocycles. The number of amides is 2. The van der Waals surface area contributed by atoms with Gasteiger partial charge in [-0.3, -0.25) is 9.59 Å². The van der Waals surface area contributed by atoms with Gasteiger partial charge >= 0.3 is 6.03 Å². The number of hydrogen-bond donors (Lipinski definition) is 1. The van der Waals surface area contributed by atoms with Gasteiger partial charge in [0.1, 0.15) is 12.5 Å². The molecule has 0 aliphatic heterocycles. The number of hydrogen-bond acceptors (Lipinski definition) is 5. The molecule has 0 unspecified atom stereocenters. The molecule has 0 aromatic rings. The molecule has 1 saturated carbocycles. The Bertz CT molecular complexity index is 444. The molecule has 0 spiro atoms. The first-order valence-corrected chi connectivity index (χ1v) is 7.64. The molecule has 1 rings (SSSR count). The van der Waals surface area contributed by atoms with Gasteiger partial charge in [-0.05, 0) is 13.3 Å². The molecule has 7 nitrogen and oxygen atoms in total. The lowest BCUT2D eigenvalue weighted by atomic mass is 9.79. The number of oxime groups is 1. The minimum absolute atomic E-state index is 0.162. The van der Waals surface area contributed by atoms with Crippen molar-refractivity contribution >= 4 is 23.3 Å². The summed E-state index contributed by atoms with van der Waals surface area (Å²) < 4.78 is 0. The molecular weight excluding hydrogens is 286 g/mol. The van der Waals surface area contributed by atoms with Crippen LogP contribution in [0.2, 0.25) is 0 Å². The van der Waals surface area contributed by atoms with E-state index in [1.165, 1.54) is 11.9 Å². The summed E-state index contributed by atoms with van der Waals surface area (Å²) in [6, 6.07) is -0.702. The molecule has 1 N–H and O–H groups in total. The Balaban J connectivity index is 2.88. The van der Waals surface area contributed by atoms with Crippen molar-refractivity contribution < 1.29 is 19.2 Å². The van der Waals surface area contributed by atoms with E-state index in [1.54, 1.807) is 14.0 Å². The number of carbonyl (C=O) groups excluding carboxylic acids is 3. The van der Waals surface area contributed by atoms with E-state index >= 15 is 0 Å². The van der Waals surface area contributed by atoms with Crippen molar-refractivity contribution in [2.45, 2.75) is 45.6 Å². The maximum absolute atomic E-state index is 12.4. The molecule has 0 atom stereocenters. The van der Waals surface area contributed by atoms with Gasteiger partial charge < -0.3 is 15.1 Å². The fraction of sp³-hybridized carbons (Fsp3) is 0.733. The van der Waals surface area contributed by atoms with Crippen LogP contribution in [0.1, 0.15) is 39.5 Å². The van der Waals surface area contributed by atoms with Crippen molar-refractivity contribution in [3.63, 3.8) is 0 Å². The molecule has 124 valence electrons. The smallest absolute Gasteiger partial charge is 0.317 e. The topological polar surface area (TPSA) is 88.1 Å². The largest absolute Gasteiger partial charge is 0.396 e. The molecule has 1 aliphatic carbocycles. The van der Waals surface area contributed by atoms with Crippen molar-refractivity contribution in [1.29, 1.82) is 0 Å². The zero-order valence-electron chi connectivity index (χ0n) is 13.7. The van der Waals surface area contributed by atoms with Gasteiger partial charge in [0.05, 0.1) is 5.71 Å². The standard InChI is InChI=1S/C15H25N3O4/c1-5-7-11(17-22-6-2)14-12(19)8-10(9-13(14)20)18(4)15(21)16-3/h10,14H,5-9H2,1-4H3,(H,16,21). The van der Waals surface area contributed by atoms with Crippen LogP contribution in [0.3, 0.4) is 0 Å². The number of carbonyl (C=O) groups is 3. The Morgan fingerprint density at radius 1 is 1.32 bits per heavy atom. The summed E-state index contributed by atoms with van der Waals surface area (Å²) >= 11 is 0. The van der Waals surface area contributed by atoms with E-state index in [0.29, 0.717) is 18.7 Å². The first kappa shape index (κ1) is 18.1. The number of urea groups is 1. The van der Waals surface area contributed by atoms with Crippen LogP contribution in [0.5, 0.6) is 0 Å². The highest BCUT2D eigenvalue weighted by molar-refractivity contribution is 6.22. The van der Waals surface area contributed by atoms with Crippen LogP contribution in [0.25, 0.3) is 0 Å². The van der Waals surface area contributed by atoms with Crippen LogP contribution in [0.15, 0.2) is 5.16 Å². The lowest BCUT2D eigenvalue weighted by Crippen LogP contribution is -2.50. The van der Waals surface area contributed by atoms with Gasteiger partial charge in [-0.15, -0.1) is 0 Å². The first-order chi connectivity index (χ1) is 10.5. The van der Waals surface area contributed by atoms with Crippen molar-refractivity contribution in [2.75, 3.05) is 20.7 Å². The summed E-state index contributed by atoms with van der Waals surface area (Å²) in [6.45, 7) is 4.15. The van der Waals surface area contributed by atoms with Gasteiger partial charge in [-0.1, -0.05) is 18.5 Å². The first-order valence-electron chi connectivity index (χ1n) is 7.64. The van der Waals surface area contributed by atoms with E-state index in [1.807, 2.05) is 6.92 Å². The molecule has 0 saturated heterocycles. The van der Waals surface area contributed by atoms with Crippen LogP contribution in [-0.2, 0) is 14.4 Å². The van der Waals surface area contributed by atoms with Gasteiger partial charge in [0.2, 0.25) is 0 Å². The van der Waals surface area contributed by atoms with Gasteiger partial charge in [0.15, 0.2) is 11.6 Å². The molecule has 7 heteroatoms. The minimum atomic E-state index is -0.819. The molecule has 1 aliphatic rings. The van der Waals surface area contributed by atoms with Crippen molar-refractivity contribution in [3.8, 4) is 0 Å². The third-order valence-corrected chi connectivity index (χ3v) is 3.75. The monoisotopic (exact) mass is 311 g/mol. The summed E-state index contributed by atoms with van der Waals surface area (Å²) in [5, 5.41) is 6.45. The van der Waals surface area contributed by atoms with Crippen LogP contribution in [0.4, 0.5) is 4.79 Å². The fourth-order valence-electron chi connectivity index (χ4n) is 2.59. The molecule has 0 radical (unpaired) electrons. The second-order valence-electron chi connectivity index (χ2n) is 5.34. The average Bonchev–Trinajstić information content (AvgIpc) is 2.50. The second-order valence-corrected chi connectivity index (χ2v) is 5.34. The molecular formula is C15H25N3O4. The third-order valence-electron chi connectivity index (χ3n) is 3.75. The molecule has 1 fully saturated rings. The Morgan fingerprint density at radius 3 is 2.36 bits per heavy atom. The summed E-state index contributed by atoms with van der Waals surface area (Å²) in [5.74, 6) is -1.20. The number of ketones is 2. The maximum Gasteiger partial charge on any atom is 0.317 e. The molecule has 0 aromatic carbocycles. The fourth-order valence-corrected chi connectivity index (χ4v) is 2.59. The van der Waals surface area contributed by atoms with Crippen molar-refractivity contribution in [1.82, 2.24) is 10.2 Å². The lowest BCUT2D eigenvalue weighted by molar-refractivity contribution is -0.134. The van der Waals surface area contributed by atoms with Crippen LogP contribution < -0.4 is 5.32 Å². The summed E-state index contributed by atoms with van der Waals surface area (Å²) in [5.41, 5.74) is 0.500. The molecule has 22 heavy (non-hydrogen) atoms. The SMILES string of the molecule is CCCC(=NOCC)C1C(=O)CC(N(C)C(=O)NC)CC1=O. The second kappa shape index (κ2) is 8.51. The quantitative estimate of drug-likeness (QED) is 0.456. The summed E-state index contributed by atoms with van der Waals surface area (Å²) in [4.78, 5) is 42.9. The average molecular weight is 311 g/mol. The van der Waals surface area contributed by atoms with Crippen LogP contribution in [-0.4, -0.2) is 55.0 Å². The molecule has 0 bridgehead atoms. The Morgan fingerprint density at radius 2 is 1.91 bits per heavy atom. The highest BCUT2D eigenvalue weighted by Gasteiger charge is 2.40. The zero-order chi connectivity index (χ0) is 16.7. The number of rotatable bonds is 6. The van der Waals surface area contributed by atoms with E-state index in [0.717, 1.165) is 6.42 Å². The Kier molecular flexibility index (Phi) is 7.01. The van der Waals surface area contributed by atoms with E-state index < -0.39 is 12.0 Å². The third kappa shape index (κ3) is 4.29. The highest BCUT2D eigenvalue weighted by atomic mass is 16.6. The van der Waals surface area contributed by atoms with Crippen molar-refractivity contribution in [3.05, 3.63) is 0 Å². The van der Waals surface area contributed by atoms with E-state index in [4.69, 9.17) is 4.84 Å². The van der Waals surface area contributed by atoms with Gasteiger partial charge in [0, 0.05) is 33.0 Å². The highest BCUT2D eigenvalue weighted by Crippen LogP contribution is 2.24. The van der Waals surface area contributed by atoms with E-state index in [-0.39, 0.29) is 30.4 Å². The van der Waals surface area contributed by atoms with E-state index in [9.17, 15) is 14.4 Å². The predicted octanol–water partition coefficient (Wildman–Crippen LogP) is 1.37. The van der Waals surface area contributed by atoms with Gasteiger partial charge in [-0.25, -0.2) is 4.79 Å². The van der Waals surface area contributed by atoms with Gasteiger partial charge in [-0.2, -0.15) is 0 Å². The number of nitrogens with one attached hydrogen (secondary N) is 1. The zero-order valence-corrected chi connectivity index (χ0v) is 13.7. The van der Waals surface area contributed by atoms with Crippen LogP contribution in [0, 0.1) is 5.92 Å². The molecule has 2 amide bonds. The minimum Gasteiger partial charge on any atom is -0.396 e. The Hall–Kier alpha value is -1.92. The molecule has 0 heterocycles. The lowest BCUT2D eigenvalue weighted by Gasteiger charge is -2.32. The van der Waals surface area contributed by atoms with Crippen LogP contribution >= 0.6 is 0 Å². The number of nitrogens with zero attached hydrogens (tertiary/aromatic N) is 2. The van der Waals surface area contributed by atoms with Gasteiger partial charge in [0.25, 0.3) is 0 Å². The Labute approximate surface area is 131 Å². The summed E-state index contributed by atoms with van der Waals surface area (Å²) in [7, 11) is 3.10. The summed E-state index contributed by atoms with van der Waals surface area (Å²) in [6.07, 6.45) is 1.66.